The molecule has 0 aliphatic carbocycles. The van der Waals surface area contributed by atoms with Crippen LogP contribution < -0.4 is 5.32 Å². The van der Waals surface area contributed by atoms with Gasteiger partial charge in [-0.05, 0) is 24.0 Å². The first-order chi connectivity index (χ1) is 8.46. The number of nitrogens with one attached hydrogen (secondary N) is 1. The van der Waals surface area contributed by atoms with Gasteiger partial charge < -0.3 is 15.2 Å². The number of rotatable bonds is 7. The fourth-order valence-corrected chi connectivity index (χ4v) is 1.63. The third-order valence-electron chi connectivity index (χ3n) is 2.90. The molecule has 0 bridgehead atoms. The zero-order chi connectivity index (χ0) is 13.6. The van der Waals surface area contributed by atoms with Gasteiger partial charge in [0.1, 0.15) is 0 Å². The van der Waals surface area contributed by atoms with E-state index in [1.807, 2.05) is 6.07 Å². The predicted octanol–water partition coefficient (Wildman–Crippen LogP) is 2.86. The number of methoxy groups -OCH3 is 1. The van der Waals surface area contributed by atoms with Crippen molar-refractivity contribution in [1.29, 1.82) is 0 Å². The molecule has 0 saturated carbocycles. The minimum absolute atomic E-state index is 0.0572. The quantitative estimate of drug-likeness (QED) is 0.782. The minimum atomic E-state index is -0.909. The average Bonchev–Trinajstić information content (AvgIpc) is 2.34. The van der Waals surface area contributed by atoms with Gasteiger partial charge in [0.15, 0.2) is 0 Å². The molecule has 0 radical (unpaired) electrons. The number of carbonyl (C=O) groups is 1. The first kappa shape index (κ1) is 14.5. The first-order valence-electron chi connectivity index (χ1n) is 6.01. The molecule has 100 valence electrons. The average molecular weight is 251 g/mol. The van der Waals surface area contributed by atoms with Crippen LogP contribution in [0.25, 0.3) is 0 Å². The van der Waals surface area contributed by atoms with E-state index in [4.69, 9.17) is 9.84 Å². The van der Waals surface area contributed by atoms with Crippen LogP contribution in [0.15, 0.2) is 24.3 Å². The monoisotopic (exact) mass is 251 g/mol. The molecule has 0 fully saturated rings. The van der Waals surface area contributed by atoms with Crippen molar-refractivity contribution in [3.63, 3.8) is 0 Å². The molecular weight excluding hydrogens is 230 g/mol. The molecule has 4 nitrogen and oxygen atoms in total. The Morgan fingerprint density at radius 2 is 2.06 bits per heavy atom. The second-order valence-electron chi connectivity index (χ2n) is 5.11. The molecule has 0 atom stereocenters. The number of carboxylic acid groups (broad SMARTS) is 1. The van der Waals surface area contributed by atoms with Crippen molar-refractivity contribution < 1.29 is 14.6 Å². The van der Waals surface area contributed by atoms with Crippen molar-refractivity contribution in [2.75, 3.05) is 25.6 Å². The van der Waals surface area contributed by atoms with Crippen LogP contribution in [0.5, 0.6) is 0 Å². The molecule has 0 heterocycles. The summed E-state index contributed by atoms with van der Waals surface area (Å²) in [6, 6.07) is 6.95. The Balaban J connectivity index is 2.65. The van der Waals surface area contributed by atoms with Gasteiger partial charge in [-0.15, -0.1) is 0 Å². The van der Waals surface area contributed by atoms with Gasteiger partial charge in [0.2, 0.25) is 0 Å². The summed E-state index contributed by atoms with van der Waals surface area (Å²) in [6.07, 6.45) is 0.922. The Kier molecular flexibility index (Phi) is 5.16. The van der Waals surface area contributed by atoms with Gasteiger partial charge in [0, 0.05) is 25.9 Å². The Labute approximate surface area is 108 Å². The topological polar surface area (TPSA) is 58.6 Å². The van der Waals surface area contributed by atoms with Gasteiger partial charge in [-0.2, -0.15) is 0 Å². The van der Waals surface area contributed by atoms with Crippen molar-refractivity contribution in [2.45, 2.75) is 20.3 Å². The smallest absolute Gasteiger partial charge is 0.337 e. The molecule has 0 saturated heterocycles. The van der Waals surface area contributed by atoms with Crippen LogP contribution in [0.3, 0.4) is 0 Å². The second kappa shape index (κ2) is 6.40. The summed E-state index contributed by atoms with van der Waals surface area (Å²) in [5, 5.41) is 12.3. The third-order valence-corrected chi connectivity index (χ3v) is 2.90. The standard InChI is InChI=1S/C14H21NO3/c1-14(2,8-9-18-3)10-15-12-7-5-4-6-11(12)13(16)17/h4-7,15H,8-10H2,1-3H3,(H,16,17). The molecular formula is C14H21NO3. The maximum Gasteiger partial charge on any atom is 0.337 e. The van der Waals surface area contributed by atoms with Crippen LogP contribution in [-0.4, -0.2) is 31.3 Å². The van der Waals surface area contributed by atoms with Crippen LogP contribution >= 0.6 is 0 Å². The summed E-state index contributed by atoms with van der Waals surface area (Å²) < 4.78 is 5.07. The highest BCUT2D eigenvalue weighted by Crippen LogP contribution is 2.22. The highest BCUT2D eigenvalue weighted by molar-refractivity contribution is 5.94. The summed E-state index contributed by atoms with van der Waals surface area (Å²) in [6.45, 7) is 5.67. The molecule has 18 heavy (non-hydrogen) atoms. The van der Waals surface area contributed by atoms with Crippen molar-refractivity contribution >= 4 is 11.7 Å². The summed E-state index contributed by atoms with van der Waals surface area (Å²) >= 11 is 0. The van der Waals surface area contributed by atoms with Gasteiger partial charge >= 0.3 is 5.97 Å². The number of anilines is 1. The van der Waals surface area contributed by atoms with E-state index >= 15 is 0 Å². The number of para-hydroxylation sites is 1. The molecule has 0 spiro atoms. The predicted molar refractivity (Wildman–Crippen MR) is 72.2 cm³/mol. The van der Waals surface area contributed by atoms with Crippen molar-refractivity contribution in [3.8, 4) is 0 Å². The molecule has 0 aliphatic heterocycles. The summed E-state index contributed by atoms with van der Waals surface area (Å²) in [7, 11) is 1.68. The van der Waals surface area contributed by atoms with E-state index in [0.717, 1.165) is 6.42 Å². The highest BCUT2D eigenvalue weighted by Gasteiger charge is 2.18. The SMILES string of the molecule is COCCC(C)(C)CNc1ccccc1C(=O)O. The highest BCUT2D eigenvalue weighted by atomic mass is 16.5. The van der Waals surface area contributed by atoms with Crippen molar-refractivity contribution in [1.82, 2.24) is 0 Å². The van der Waals surface area contributed by atoms with Crippen LogP contribution in [0.1, 0.15) is 30.6 Å². The lowest BCUT2D eigenvalue weighted by atomic mass is 9.89. The lowest BCUT2D eigenvalue weighted by Crippen LogP contribution is -2.25. The maximum atomic E-state index is 11.1. The van der Waals surface area contributed by atoms with Crippen LogP contribution in [0.4, 0.5) is 5.69 Å². The summed E-state index contributed by atoms with van der Waals surface area (Å²) in [4.78, 5) is 11.1. The minimum Gasteiger partial charge on any atom is -0.478 e. The molecule has 0 amide bonds. The lowest BCUT2D eigenvalue weighted by molar-refractivity contribution is 0.0697. The molecule has 0 unspecified atom stereocenters. The van der Waals surface area contributed by atoms with Gasteiger partial charge in [0.25, 0.3) is 0 Å². The molecule has 4 heteroatoms. The van der Waals surface area contributed by atoms with Gasteiger partial charge in [-0.1, -0.05) is 26.0 Å². The molecule has 0 aliphatic rings. The van der Waals surface area contributed by atoms with E-state index in [0.29, 0.717) is 24.4 Å². The number of carboxylic acids is 1. The van der Waals surface area contributed by atoms with E-state index in [1.165, 1.54) is 0 Å². The molecule has 1 rings (SSSR count). The van der Waals surface area contributed by atoms with Crippen LogP contribution in [0, 0.1) is 5.41 Å². The number of hydrogen-bond acceptors (Lipinski definition) is 3. The summed E-state index contributed by atoms with van der Waals surface area (Å²) in [5.74, 6) is -0.909. The fourth-order valence-electron chi connectivity index (χ4n) is 1.63. The van der Waals surface area contributed by atoms with E-state index in [2.05, 4.69) is 19.2 Å². The molecule has 2 N–H and O–H groups in total. The van der Waals surface area contributed by atoms with Crippen LogP contribution in [-0.2, 0) is 4.74 Å². The van der Waals surface area contributed by atoms with E-state index in [9.17, 15) is 4.79 Å². The largest absolute Gasteiger partial charge is 0.478 e. The Morgan fingerprint density at radius 1 is 1.39 bits per heavy atom. The number of hydrogen-bond donors (Lipinski definition) is 2. The summed E-state index contributed by atoms with van der Waals surface area (Å²) in [5.41, 5.74) is 1.03. The van der Waals surface area contributed by atoms with Gasteiger partial charge in [-0.25, -0.2) is 4.79 Å². The van der Waals surface area contributed by atoms with E-state index < -0.39 is 5.97 Å². The molecule has 0 aromatic heterocycles. The lowest BCUT2D eigenvalue weighted by Gasteiger charge is -2.25. The number of benzene rings is 1. The van der Waals surface area contributed by atoms with E-state index in [1.54, 1.807) is 25.3 Å². The number of aromatic carboxylic acids is 1. The first-order valence-corrected chi connectivity index (χ1v) is 6.01. The fraction of sp³-hybridized carbons (Fsp3) is 0.500. The Morgan fingerprint density at radius 3 is 2.67 bits per heavy atom. The van der Waals surface area contributed by atoms with Crippen molar-refractivity contribution in [3.05, 3.63) is 29.8 Å². The second-order valence-corrected chi connectivity index (χ2v) is 5.11. The third kappa shape index (κ3) is 4.37. The van der Waals surface area contributed by atoms with Crippen molar-refractivity contribution in [2.24, 2.45) is 5.41 Å². The maximum absolute atomic E-state index is 11.1. The molecule has 1 aromatic carbocycles. The Hall–Kier alpha value is -1.55. The van der Waals surface area contributed by atoms with Gasteiger partial charge in [0.05, 0.1) is 5.56 Å². The Bertz CT molecular complexity index is 402. The zero-order valence-electron chi connectivity index (χ0n) is 11.2. The molecule has 1 aromatic rings. The van der Waals surface area contributed by atoms with E-state index in [-0.39, 0.29) is 5.41 Å². The normalized spacial score (nSPS) is 11.3. The van der Waals surface area contributed by atoms with Crippen LogP contribution in [0.2, 0.25) is 0 Å². The van der Waals surface area contributed by atoms with Gasteiger partial charge in [-0.3, -0.25) is 0 Å². The number of ether oxygens (including phenoxy) is 1. The zero-order valence-corrected chi connectivity index (χ0v) is 11.2.